The Bertz CT molecular complexity index is 150. The minimum Gasteiger partial charge on any atom is -0.376 e. The molecule has 2 heteroatoms. The maximum atomic E-state index is 10.8. The molecule has 0 aromatic carbocycles. The molecule has 0 spiro atoms. The molecule has 0 aliphatic carbocycles. The van der Waals surface area contributed by atoms with Gasteiger partial charge in [-0.25, -0.2) is 5.11 Å². The molecule has 0 rings (SSSR count). The van der Waals surface area contributed by atoms with Gasteiger partial charge in [0.05, 0.1) is 12.2 Å². The van der Waals surface area contributed by atoms with E-state index >= 15 is 0 Å². The van der Waals surface area contributed by atoms with Gasteiger partial charge in [-0.05, 0) is 32.1 Å². The zero-order chi connectivity index (χ0) is 11.2. The molecule has 0 aliphatic heterocycles. The highest BCUT2D eigenvalue weighted by Crippen LogP contribution is 2.22. The summed E-state index contributed by atoms with van der Waals surface area (Å²) in [4.78, 5) is 0. The predicted molar refractivity (Wildman–Crippen MR) is 58.9 cm³/mol. The lowest BCUT2D eigenvalue weighted by molar-refractivity contribution is -0.0424. The van der Waals surface area contributed by atoms with Crippen LogP contribution < -0.4 is 0 Å². The number of hydrogen-bond acceptors (Lipinski definition) is 1. The van der Waals surface area contributed by atoms with Crippen LogP contribution in [0, 0.1) is 5.41 Å². The van der Waals surface area contributed by atoms with Gasteiger partial charge in [-0.3, -0.25) is 0 Å². The van der Waals surface area contributed by atoms with E-state index in [1.807, 2.05) is 13.8 Å². The topological polar surface area (TPSA) is 29.1 Å². The standard InChI is InChI=1S/C12H25O2/c1-6-7-12(4,5)14-9-8-11(2,3)10-13/h6-10H2,1-5H3. The third kappa shape index (κ3) is 6.39. The summed E-state index contributed by atoms with van der Waals surface area (Å²) in [5.41, 5.74) is -0.157. The second-order valence-electron chi connectivity index (χ2n) is 5.42. The van der Waals surface area contributed by atoms with Crippen molar-refractivity contribution in [3.8, 4) is 0 Å². The molecular weight excluding hydrogens is 176 g/mol. The Balaban J connectivity index is 3.73. The van der Waals surface area contributed by atoms with E-state index in [0.29, 0.717) is 6.61 Å². The smallest absolute Gasteiger partial charge is 0.0874 e. The molecule has 0 aromatic rings. The summed E-state index contributed by atoms with van der Waals surface area (Å²) in [7, 11) is 0. The van der Waals surface area contributed by atoms with Crippen LogP contribution in [0.25, 0.3) is 0 Å². The van der Waals surface area contributed by atoms with Crippen LogP contribution in [-0.4, -0.2) is 18.8 Å². The fourth-order valence-corrected chi connectivity index (χ4v) is 1.35. The molecule has 0 aliphatic rings. The molecule has 85 valence electrons. The quantitative estimate of drug-likeness (QED) is 0.620. The van der Waals surface area contributed by atoms with Crippen LogP contribution in [0.5, 0.6) is 0 Å². The Kier molecular flexibility index (Phi) is 5.68. The van der Waals surface area contributed by atoms with Crippen molar-refractivity contribution in [1.82, 2.24) is 0 Å². The van der Waals surface area contributed by atoms with E-state index in [-0.39, 0.29) is 17.6 Å². The van der Waals surface area contributed by atoms with Crippen LogP contribution in [0.15, 0.2) is 0 Å². The van der Waals surface area contributed by atoms with Crippen molar-refractivity contribution in [3.05, 3.63) is 0 Å². The minimum atomic E-state index is -0.123. The Morgan fingerprint density at radius 1 is 1.07 bits per heavy atom. The second-order valence-corrected chi connectivity index (χ2v) is 5.42. The lowest BCUT2D eigenvalue weighted by atomic mass is 9.91. The van der Waals surface area contributed by atoms with E-state index in [4.69, 9.17) is 4.74 Å². The molecule has 0 fully saturated rings. The summed E-state index contributed by atoms with van der Waals surface area (Å²) in [5.74, 6) is 0. The number of ether oxygens (including phenoxy) is 1. The average Bonchev–Trinajstić information content (AvgIpc) is 2.03. The fraction of sp³-hybridized carbons (Fsp3) is 1.00. The molecule has 0 saturated carbocycles. The first-order valence-corrected chi connectivity index (χ1v) is 5.55. The van der Waals surface area contributed by atoms with E-state index in [9.17, 15) is 5.11 Å². The van der Waals surface area contributed by atoms with E-state index in [2.05, 4.69) is 20.8 Å². The van der Waals surface area contributed by atoms with Crippen molar-refractivity contribution in [2.24, 2.45) is 5.41 Å². The molecule has 1 radical (unpaired) electrons. The van der Waals surface area contributed by atoms with Crippen LogP contribution in [0.1, 0.15) is 53.9 Å². The van der Waals surface area contributed by atoms with Crippen LogP contribution in [-0.2, 0) is 9.84 Å². The molecule has 14 heavy (non-hydrogen) atoms. The molecule has 0 bridgehead atoms. The van der Waals surface area contributed by atoms with Gasteiger partial charge < -0.3 is 4.74 Å². The largest absolute Gasteiger partial charge is 0.376 e. The van der Waals surface area contributed by atoms with Gasteiger partial charge in [0.15, 0.2) is 0 Å². The van der Waals surface area contributed by atoms with Gasteiger partial charge in [0.25, 0.3) is 0 Å². The van der Waals surface area contributed by atoms with Crippen molar-refractivity contribution >= 4 is 0 Å². The average molecular weight is 201 g/mol. The normalized spacial score (nSPS) is 13.3. The van der Waals surface area contributed by atoms with Crippen LogP contribution in [0.2, 0.25) is 0 Å². The summed E-state index contributed by atoms with van der Waals surface area (Å²) in [6, 6.07) is 0. The Morgan fingerprint density at radius 2 is 1.64 bits per heavy atom. The van der Waals surface area contributed by atoms with E-state index in [1.165, 1.54) is 0 Å². The molecular formula is C12H25O2. The first-order valence-electron chi connectivity index (χ1n) is 5.55. The predicted octanol–water partition coefficient (Wildman–Crippen LogP) is 3.43. The summed E-state index contributed by atoms with van der Waals surface area (Å²) in [5, 5.41) is 10.8. The zero-order valence-corrected chi connectivity index (χ0v) is 10.4. The lowest BCUT2D eigenvalue weighted by Gasteiger charge is -2.27. The van der Waals surface area contributed by atoms with Crippen molar-refractivity contribution < 1.29 is 9.84 Å². The summed E-state index contributed by atoms with van der Waals surface area (Å²) < 4.78 is 5.77. The number of hydrogen-bond donors (Lipinski definition) is 0. The molecule has 0 amide bonds. The van der Waals surface area contributed by atoms with Crippen molar-refractivity contribution in [1.29, 1.82) is 0 Å². The van der Waals surface area contributed by atoms with Crippen molar-refractivity contribution in [2.75, 3.05) is 13.2 Å². The van der Waals surface area contributed by atoms with E-state index in [0.717, 1.165) is 19.3 Å². The van der Waals surface area contributed by atoms with E-state index in [1.54, 1.807) is 0 Å². The van der Waals surface area contributed by atoms with Gasteiger partial charge in [-0.2, -0.15) is 0 Å². The Hall–Kier alpha value is -0.0800. The molecule has 2 nitrogen and oxygen atoms in total. The van der Waals surface area contributed by atoms with Gasteiger partial charge in [-0.1, -0.05) is 27.2 Å². The molecule has 0 saturated heterocycles. The third-order valence-electron chi connectivity index (χ3n) is 2.51. The van der Waals surface area contributed by atoms with Crippen molar-refractivity contribution in [2.45, 2.75) is 59.5 Å². The second kappa shape index (κ2) is 5.72. The van der Waals surface area contributed by atoms with Crippen LogP contribution in [0.3, 0.4) is 0 Å². The molecule has 0 unspecified atom stereocenters. The van der Waals surface area contributed by atoms with E-state index < -0.39 is 0 Å². The highest BCUT2D eigenvalue weighted by molar-refractivity contribution is 4.70. The Labute approximate surface area is 88.7 Å². The highest BCUT2D eigenvalue weighted by Gasteiger charge is 2.21. The third-order valence-corrected chi connectivity index (χ3v) is 2.51. The van der Waals surface area contributed by atoms with Crippen LogP contribution >= 0.6 is 0 Å². The van der Waals surface area contributed by atoms with Gasteiger partial charge in [0.2, 0.25) is 0 Å². The SMILES string of the molecule is CCCC(C)(C)OCCC(C)(C)C[O]. The van der Waals surface area contributed by atoms with Gasteiger partial charge >= 0.3 is 0 Å². The molecule has 0 aromatic heterocycles. The van der Waals surface area contributed by atoms with Crippen molar-refractivity contribution in [3.63, 3.8) is 0 Å². The van der Waals surface area contributed by atoms with Gasteiger partial charge in [0.1, 0.15) is 0 Å². The summed E-state index contributed by atoms with van der Waals surface area (Å²) in [6.07, 6.45) is 3.06. The van der Waals surface area contributed by atoms with Gasteiger partial charge in [-0.15, -0.1) is 0 Å². The first kappa shape index (κ1) is 13.9. The minimum absolute atomic E-state index is 0.0232. The molecule has 0 heterocycles. The zero-order valence-electron chi connectivity index (χ0n) is 10.4. The number of rotatable bonds is 7. The monoisotopic (exact) mass is 201 g/mol. The van der Waals surface area contributed by atoms with Crippen LogP contribution in [0.4, 0.5) is 0 Å². The summed E-state index contributed by atoms with van der Waals surface area (Å²) >= 11 is 0. The lowest BCUT2D eigenvalue weighted by Crippen LogP contribution is -2.27. The fourth-order valence-electron chi connectivity index (χ4n) is 1.35. The Morgan fingerprint density at radius 3 is 2.07 bits per heavy atom. The maximum Gasteiger partial charge on any atom is 0.0874 e. The highest BCUT2D eigenvalue weighted by atomic mass is 16.5. The first-order chi connectivity index (χ1) is 6.33. The molecule has 0 N–H and O–H groups in total. The summed E-state index contributed by atoms with van der Waals surface area (Å²) in [6.45, 7) is 11.0. The van der Waals surface area contributed by atoms with Gasteiger partial charge in [0, 0.05) is 6.61 Å². The maximum absolute atomic E-state index is 10.8. The molecule has 0 atom stereocenters.